The number of fused-ring (bicyclic) bond motifs is 1. The van der Waals surface area contributed by atoms with Crippen molar-refractivity contribution in [1.29, 1.82) is 0 Å². The third kappa shape index (κ3) is 6.37. The maximum atomic E-state index is 12.0. The first-order valence-electron chi connectivity index (χ1n) is 11.0. The Bertz CT molecular complexity index is 1370. The highest BCUT2D eigenvalue weighted by atomic mass is 35.5. The van der Waals surface area contributed by atoms with Crippen molar-refractivity contribution >= 4 is 43.6 Å². The third-order valence-electron chi connectivity index (χ3n) is 5.69. The molecule has 3 heterocycles. The molecule has 14 nitrogen and oxygen atoms in total. The van der Waals surface area contributed by atoms with E-state index in [4.69, 9.17) is 30.6 Å². The highest BCUT2D eigenvalue weighted by Crippen LogP contribution is 2.55. The number of hydrogen-bond acceptors (Lipinski definition) is 10. The van der Waals surface area contributed by atoms with Crippen LogP contribution >= 0.6 is 26.8 Å². The first-order valence-corrected chi connectivity index (χ1v) is 14.9. The molecule has 3 aromatic rings. The van der Waals surface area contributed by atoms with Crippen LogP contribution in [-0.4, -0.2) is 82.5 Å². The monoisotopic (exact) mass is 577 g/mol. The van der Waals surface area contributed by atoms with Crippen LogP contribution < -0.4 is 4.90 Å². The molecule has 1 aliphatic rings. The molecule has 5 N–H and O–H groups in total. The zero-order chi connectivity index (χ0) is 27.1. The Morgan fingerprint density at radius 2 is 1.81 bits per heavy atom. The molecule has 37 heavy (non-hydrogen) atoms. The molecule has 1 aliphatic heterocycles. The predicted octanol–water partition coefficient (Wildman–Crippen LogP) is 1.38. The van der Waals surface area contributed by atoms with Crippen molar-refractivity contribution in [2.24, 2.45) is 0 Å². The van der Waals surface area contributed by atoms with Gasteiger partial charge in [-0.15, -0.1) is 0 Å². The van der Waals surface area contributed by atoms with Gasteiger partial charge >= 0.3 is 15.2 Å². The van der Waals surface area contributed by atoms with E-state index in [-0.39, 0.29) is 10.9 Å². The summed E-state index contributed by atoms with van der Waals surface area (Å²) in [7, 11) is -7.71. The summed E-state index contributed by atoms with van der Waals surface area (Å²) >= 11 is 6.22. The fourth-order valence-corrected chi connectivity index (χ4v) is 6.81. The average Bonchev–Trinajstić information content (AvgIpc) is 3.27. The van der Waals surface area contributed by atoms with E-state index in [1.165, 1.54) is 4.68 Å². The fourth-order valence-electron chi connectivity index (χ4n) is 4.08. The summed E-state index contributed by atoms with van der Waals surface area (Å²) in [5.74, 6) is -0.916. The molecular formula is C20H26ClN5O9P2. The quantitative estimate of drug-likeness (QED) is 0.180. The van der Waals surface area contributed by atoms with Crippen molar-refractivity contribution in [3.05, 3.63) is 46.9 Å². The van der Waals surface area contributed by atoms with Gasteiger partial charge in [0.1, 0.15) is 24.1 Å². The highest BCUT2D eigenvalue weighted by Gasteiger charge is 2.46. The van der Waals surface area contributed by atoms with Gasteiger partial charge in [-0.3, -0.25) is 9.13 Å². The molecule has 0 aliphatic carbocycles. The molecule has 0 amide bonds. The molecular weight excluding hydrogens is 552 g/mol. The average molecular weight is 578 g/mol. The molecule has 1 saturated heterocycles. The summed E-state index contributed by atoms with van der Waals surface area (Å²) < 4.78 is 34.7. The van der Waals surface area contributed by atoms with Crippen LogP contribution in [0.15, 0.2) is 30.3 Å². The zero-order valence-corrected chi connectivity index (χ0v) is 22.2. The van der Waals surface area contributed by atoms with Crippen molar-refractivity contribution in [2.75, 3.05) is 24.5 Å². The van der Waals surface area contributed by atoms with Crippen molar-refractivity contribution in [2.45, 2.75) is 38.0 Å². The minimum atomic E-state index is -4.84. The molecule has 0 saturated carbocycles. The van der Waals surface area contributed by atoms with Gasteiger partial charge in [0.05, 0.1) is 17.7 Å². The van der Waals surface area contributed by atoms with Crippen molar-refractivity contribution < 1.29 is 43.3 Å². The molecule has 17 heteroatoms. The predicted molar refractivity (Wildman–Crippen MR) is 132 cm³/mol. The molecule has 5 atom stereocenters. The number of rotatable bonds is 9. The van der Waals surface area contributed by atoms with Crippen LogP contribution in [-0.2, 0) is 24.9 Å². The van der Waals surface area contributed by atoms with Crippen molar-refractivity contribution in [3.63, 3.8) is 0 Å². The summed E-state index contributed by atoms with van der Waals surface area (Å²) in [4.78, 5) is 38.1. The third-order valence-corrected chi connectivity index (χ3v) is 9.31. The van der Waals surface area contributed by atoms with Crippen LogP contribution in [0.1, 0.15) is 17.5 Å². The van der Waals surface area contributed by atoms with E-state index < -0.39 is 52.2 Å². The summed E-state index contributed by atoms with van der Waals surface area (Å²) in [6.07, 6.45) is -5.71. The van der Waals surface area contributed by atoms with Gasteiger partial charge in [-0.05, 0) is 24.1 Å². The Labute approximate surface area is 216 Å². The van der Waals surface area contributed by atoms with Crippen LogP contribution in [0.3, 0.4) is 0 Å². The maximum Gasteiger partial charge on any atom is 0.340 e. The van der Waals surface area contributed by atoms with Crippen molar-refractivity contribution in [1.82, 2.24) is 19.7 Å². The molecule has 4 rings (SSSR count). The molecule has 0 radical (unpaired) electrons. The topological polar surface area (TPSA) is 201 Å². The Morgan fingerprint density at radius 1 is 1.14 bits per heavy atom. The summed E-state index contributed by atoms with van der Waals surface area (Å²) in [5.41, 5.74) is 1.74. The lowest BCUT2D eigenvalue weighted by molar-refractivity contribution is -0.0542. The number of aromatic nitrogens is 4. The van der Waals surface area contributed by atoms with E-state index >= 15 is 0 Å². The van der Waals surface area contributed by atoms with Crippen LogP contribution in [0.25, 0.3) is 11.0 Å². The van der Waals surface area contributed by atoms with E-state index in [2.05, 4.69) is 15.1 Å². The number of halogens is 1. The number of nitrogens with zero attached hydrogens (tertiary/aromatic N) is 5. The minimum Gasteiger partial charge on any atom is -0.387 e. The molecule has 1 fully saturated rings. The van der Waals surface area contributed by atoms with E-state index in [1.54, 1.807) is 6.92 Å². The number of hydrogen-bond donors (Lipinski definition) is 5. The summed E-state index contributed by atoms with van der Waals surface area (Å²) in [6.45, 7) is 1.49. The lowest BCUT2D eigenvalue weighted by atomic mass is 10.1. The Balaban J connectivity index is 1.60. The summed E-state index contributed by atoms with van der Waals surface area (Å²) in [5, 5.41) is 26.0. The highest BCUT2D eigenvalue weighted by molar-refractivity contribution is 7.70. The van der Waals surface area contributed by atoms with Gasteiger partial charge in [-0.2, -0.15) is 15.1 Å². The first kappa shape index (κ1) is 28.1. The Kier molecular flexibility index (Phi) is 8.08. The Hall–Kier alpha value is -1.96. The Morgan fingerprint density at radius 3 is 2.46 bits per heavy atom. The normalized spacial score (nSPS) is 23.9. The van der Waals surface area contributed by atoms with Crippen molar-refractivity contribution in [3.8, 4) is 0 Å². The summed E-state index contributed by atoms with van der Waals surface area (Å²) in [6, 6.07) is 9.67. The van der Waals surface area contributed by atoms with Gasteiger partial charge in [0.15, 0.2) is 17.8 Å². The number of aliphatic hydroxyl groups excluding tert-OH is 2. The fraction of sp³-hybridized carbons (Fsp3) is 0.450. The van der Waals surface area contributed by atoms with Gasteiger partial charge in [0.2, 0.25) is 5.28 Å². The molecule has 202 valence electrons. The maximum absolute atomic E-state index is 12.0. The van der Waals surface area contributed by atoms with Gasteiger partial charge in [-0.1, -0.05) is 30.3 Å². The lowest BCUT2D eigenvalue weighted by Crippen LogP contribution is -2.33. The molecule has 0 spiro atoms. The molecule has 2 aromatic heterocycles. The minimum absolute atomic E-state index is 0.0878. The molecule has 0 bridgehead atoms. The van der Waals surface area contributed by atoms with Crippen LogP contribution in [0.5, 0.6) is 0 Å². The van der Waals surface area contributed by atoms with E-state index in [1.807, 2.05) is 42.3 Å². The number of ether oxygens (including phenoxy) is 1. The number of benzene rings is 1. The molecule has 1 unspecified atom stereocenters. The largest absolute Gasteiger partial charge is 0.387 e. The smallest absolute Gasteiger partial charge is 0.340 e. The number of anilines is 1. The number of aliphatic hydroxyl groups is 2. The van der Waals surface area contributed by atoms with Gasteiger partial charge in [0.25, 0.3) is 0 Å². The second kappa shape index (κ2) is 10.7. The molecule has 1 aromatic carbocycles. The SMILES string of the molecule is Cc1nn([C@@H]2O[C@H](COP(=O)(O)CP(=O)(O)O)[C@@H](O)[C@H]2O)c2nc(Cl)nc(N(C)Cc3ccccc3)c12. The van der Waals surface area contributed by atoms with E-state index in [0.29, 0.717) is 23.4 Å². The van der Waals surface area contributed by atoms with Crippen LogP contribution in [0.2, 0.25) is 5.28 Å². The van der Waals surface area contributed by atoms with E-state index in [0.717, 1.165) is 5.56 Å². The van der Waals surface area contributed by atoms with Crippen LogP contribution in [0, 0.1) is 6.92 Å². The van der Waals surface area contributed by atoms with Gasteiger partial charge in [0, 0.05) is 13.6 Å². The lowest BCUT2D eigenvalue weighted by Gasteiger charge is -2.20. The number of aryl methyl sites for hydroxylation is 1. The second-order valence-corrected chi connectivity index (χ2v) is 13.0. The van der Waals surface area contributed by atoms with Crippen LogP contribution in [0.4, 0.5) is 5.82 Å². The zero-order valence-electron chi connectivity index (χ0n) is 19.7. The second-order valence-electron chi connectivity index (χ2n) is 8.67. The van der Waals surface area contributed by atoms with Gasteiger partial charge in [-0.25, -0.2) is 4.68 Å². The standard InChI is InChI=1S/C20H26ClN5O9P2/c1-11-14-17(25(2)8-12-6-4-3-5-7-12)22-20(21)23-18(14)26(24-11)19-16(28)15(27)13(35-19)9-34-37(32,33)10-36(29,30)31/h3-7,13,15-16,19,27-28H,8-10H2,1-2H3,(H,32,33)(H2,29,30,31)/t13-,15-,16-,19-/m1/s1. The first-order chi connectivity index (χ1) is 17.3. The van der Waals surface area contributed by atoms with E-state index in [9.17, 15) is 24.2 Å². The van der Waals surface area contributed by atoms with Gasteiger partial charge < -0.3 is 39.1 Å².